The summed E-state index contributed by atoms with van der Waals surface area (Å²) in [5, 5.41) is 22.4. The average molecular weight is 891 g/mol. The Kier molecular flexibility index (Phi) is 19.5. The molecule has 0 spiro atoms. The van der Waals surface area contributed by atoms with E-state index in [1.54, 1.807) is 109 Å². The molecule has 0 radical (unpaired) electrons. The average Bonchev–Trinajstić information content (AvgIpc) is 3.31. The minimum atomic E-state index is -2.31. The topological polar surface area (TPSA) is 232 Å². The lowest BCUT2D eigenvalue weighted by Gasteiger charge is -2.47. The van der Waals surface area contributed by atoms with Crippen molar-refractivity contribution in [2.75, 3.05) is 38.9 Å². The smallest absolute Gasteiger partial charge is 0.338 e. The van der Waals surface area contributed by atoms with Gasteiger partial charge in [-0.15, -0.1) is 0 Å². The van der Waals surface area contributed by atoms with E-state index in [2.05, 4.69) is 9.47 Å². The number of unbranched alkanes of at least 4 members (excludes halogenated alkanes) is 6. The molecule has 0 aliphatic carbocycles. The van der Waals surface area contributed by atoms with E-state index in [4.69, 9.17) is 20.9 Å². The van der Waals surface area contributed by atoms with E-state index in [0.717, 1.165) is 0 Å². The maximum Gasteiger partial charge on any atom is 0.338 e. The van der Waals surface area contributed by atoms with Crippen LogP contribution in [-0.4, -0.2) is 73.5 Å². The molecule has 0 atom stereocenters. The van der Waals surface area contributed by atoms with E-state index >= 15 is 0 Å². The zero-order chi connectivity index (χ0) is 47.2. The summed E-state index contributed by atoms with van der Waals surface area (Å²) in [4.78, 5) is 75.7. The maximum absolute atomic E-state index is 13.7. The van der Waals surface area contributed by atoms with E-state index < -0.39 is 46.6 Å². The van der Waals surface area contributed by atoms with Gasteiger partial charge in [0.05, 0.1) is 38.6 Å². The summed E-state index contributed by atoms with van der Waals surface area (Å²) in [6, 6.07) is 26.4. The van der Waals surface area contributed by atoms with Gasteiger partial charge in [0.2, 0.25) is 0 Å². The quantitative estimate of drug-likeness (QED) is 0.0116. The number of methoxy groups -OCH3 is 2. The molecule has 4 aromatic carbocycles. The van der Waals surface area contributed by atoms with Gasteiger partial charge in [-0.2, -0.15) is 0 Å². The number of carboxylic acids is 2. The van der Waals surface area contributed by atoms with Gasteiger partial charge in [-0.25, -0.2) is 19.2 Å². The predicted molar refractivity (Wildman–Crippen MR) is 247 cm³/mol. The number of carbonyl (C=O) groups excluding carboxylic acids is 4. The number of nitrogens with two attached hydrogens (primary N) is 2. The molecule has 14 heteroatoms. The largest absolute Gasteiger partial charge is 0.480 e. The lowest BCUT2D eigenvalue weighted by atomic mass is 9.53. The van der Waals surface area contributed by atoms with Crippen LogP contribution in [0, 0.1) is 5.41 Å². The van der Waals surface area contributed by atoms with Gasteiger partial charge in [-0.05, 0) is 109 Å². The molecule has 0 fully saturated rings. The summed E-state index contributed by atoms with van der Waals surface area (Å²) >= 11 is 0. The van der Waals surface area contributed by atoms with Crippen LogP contribution in [0.5, 0.6) is 0 Å². The summed E-state index contributed by atoms with van der Waals surface area (Å²) in [6.07, 6.45) is 10.3. The minimum absolute atomic E-state index is 0.148. The van der Waals surface area contributed by atoms with Crippen molar-refractivity contribution in [1.29, 1.82) is 0 Å². The number of hydrogen-bond acceptors (Lipinski definition) is 12. The number of carboxylic acid groups (broad SMARTS) is 2. The number of nitrogen functional groups attached to an aromatic ring is 2. The highest BCUT2D eigenvalue weighted by molar-refractivity contribution is 6.01. The molecule has 0 heterocycles. The SMILES string of the molecule is COC(=O)C=Cc1ccc(C(=O)OCCCCCCC(CCCCCCOC(=O)c2ccc(C=CC(=O)OC)cc2)(c2ccc(N)cc2)C(Cc2ccc(N)cc2)(C(=O)O)C(=O)O)cc1. The van der Waals surface area contributed by atoms with Crippen molar-refractivity contribution in [2.24, 2.45) is 5.41 Å². The molecule has 0 saturated carbocycles. The Morgan fingerprint density at radius 1 is 0.523 bits per heavy atom. The molecule has 344 valence electrons. The van der Waals surface area contributed by atoms with Crippen molar-refractivity contribution in [1.82, 2.24) is 0 Å². The first-order valence-corrected chi connectivity index (χ1v) is 21.5. The summed E-state index contributed by atoms with van der Waals surface area (Å²) in [5.41, 5.74) is 12.4. The normalized spacial score (nSPS) is 12.3. The van der Waals surface area contributed by atoms with Crippen LogP contribution in [0.15, 0.2) is 109 Å². The lowest BCUT2D eigenvalue weighted by molar-refractivity contribution is -0.172. The van der Waals surface area contributed by atoms with Gasteiger partial charge < -0.3 is 40.6 Å². The molecule has 0 unspecified atom stereocenters. The molecular weight excluding hydrogens is 833 g/mol. The maximum atomic E-state index is 13.7. The van der Waals surface area contributed by atoms with Crippen LogP contribution in [0.2, 0.25) is 0 Å². The van der Waals surface area contributed by atoms with Crippen LogP contribution in [-0.2, 0) is 50.0 Å². The number of aliphatic carboxylic acids is 2. The van der Waals surface area contributed by atoms with Crippen LogP contribution in [0.1, 0.15) is 107 Å². The first-order valence-electron chi connectivity index (χ1n) is 21.5. The molecule has 4 rings (SSSR count). The number of benzene rings is 4. The Morgan fingerprint density at radius 2 is 0.908 bits per heavy atom. The molecule has 14 nitrogen and oxygen atoms in total. The van der Waals surface area contributed by atoms with Crippen LogP contribution < -0.4 is 11.5 Å². The van der Waals surface area contributed by atoms with Crippen molar-refractivity contribution in [3.05, 3.63) is 143 Å². The minimum Gasteiger partial charge on any atom is -0.480 e. The standard InChI is InChI=1S/C51H58N2O12/c1-62-44(54)29-17-36-11-19-39(20-12-36)46(56)64-33-9-5-3-7-31-50(41-23-27-43(53)28-24-41,51(48(58)59,49(60)61)35-38-15-25-42(52)26-16-38)32-8-4-6-10-34-65-47(57)40-21-13-37(14-22-40)18-30-45(55)63-2/h11-30H,3-10,31-35,52-53H2,1-2H3,(H,58,59)(H,60,61). The molecule has 0 aliphatic heterocycles. The third kappa shape index (κ3) is 14.4. The fourth-order valence-electron chi connectivity index (χ4n) is 7.84. The van der Waals surface area contributed by atoms with E-state index in [-0.39, 0.29) is 32.5 Å². The summed E-state index contributed by atoms with van der Waals surface area (Å²) < 4.78 is 20.2. The summed E-state index contributed by atoms with van der Waals surface area (Å²) in [5.74, 6) is -4.91. The predicted octanol–water partition coefficient (Wildman–Crippen LogP) is 8.47. The van der Waals surface area contributed by atoms with Crippen molar-refractivity contribution in [3.63, 3.8) is 0 Å². The van der Waals surface area contributed by atoms with E-state index in [1.807, 2.05) is 0 Å². The molecule has 4 aromatic rings. The fraction of sp³-hybridized carbons (Fsp3) is 0.333. The first kappa shape index (κ1) is 50.4. The Labute approximate surface area is 379 Å². The highest BCUT2D eigenvalue weighted by Crippen LogP contribution is 2.52. The Balaban J connectivity index is 1.46. The van der Waals surface area contributed by atoms with Gasteiger partial charge in [0.25, 0.3) is 0 Å². The molecule has 0 aromatic heterocycles. The second kappa shape index (κ2) is 25.2. The second-order valence-corrected chi connectivity index (χ2v) is 15.7. The van der Waals surface area contributed by atoms with Crippen LogP contribution in [0.25, 0.3) is 12.2 Å². The van der Waals surface area contributed by atoms with Crippen molar-refractivity contribution < 1.29 is 57.9 Å². The Bertz CT molecular complexity index is 2160. The van der Waals surface area contributed by atoms with Gasteiger partial charge in [0.1, 0.15) is 0 Å². The van der Waals surface area contributed by atoms with Crippen LogP contribution in [0.4, 0.5) is 11.4 Å². The number of rotatable bonds is 26. The van der Waals surface area contributed by atoms with Gasteiger partial charge in [-0.3, -0.25) is 9.59 Å². The van der Waals surface area contributed by atoms with E-state index in [1.165, 1.54) is 26.4 Å². The van der Waals surface area contributed by atoms with Gasteiger partial charge in [0, 0.05) is 35.4 Å². The molecule has 0 aliphatic rings. The third-order valence-electron chi connectivity index (χ3n) is 11.4. The number of ether oxygens (including phenoxy) is 4. The lowest BCUT2D eigenvalue weighted by Crippen LogP contribution is -2.57. The van der Waals surface area contributed by atoms with Gasteiger partial charge in [-0.1, -0.05) is 87.1 Å². The monoisotopic (exact) mass is 890 g/mol. The molecule has 0 saturated heterocycles. The van der Waals surface area contributed by atoms with E-state index in [9.17, 15) is 39.0 Å². The molecule has 0 bridgehead atoms. The van der Waals surface area contributed by atoms with Crippen LogP contribution in [0.3, 0.4) is 0 Å². The zero-order valence-corrected chi connectivity index (χ0v) is 36.9. The highest BCUT2D eigenvalue weighted by Gasteiger charge is 2.62. The first-order chi connectivity index (χ1) is 31.2. The number of carbonyl (C=O) groups is 6. The Hall–Kier alpha value is -7.22. The highest BCUT2D eigenvalue weighted by atomic mass is 16.5. The zero-order valence-electron chi connectivity index (χ0n) is 36.9. The number of hydrogen-bond donors (Lipinski definition) is 4. The van der Waals surface area contributed by atoms with Crippen molar-refractivity contribution in [2.45, 2.75) is 76.0 Å². The summed E-state index contributed by atoms with van der Waals surface area (Å²) in [7, 11) is 2.57. The van der Waals surface area contributed by atoms with Crippen molar-refractivity contribution in [3.8, 4) is 0 Å². The van der Waals surface area contributed by atoms with E-state index in [0.29, 0.717) is 96.1 Å². The van der Waals surface area contributed by atoms with Gasteiger partial charge in [0.15, 0.2) is 5.41 Å². The Morgan fingerprint density at radius 3 is 1.29 bits per heavy atom. The number of anilines is 2. The third-order valence-corrected chi connectivity index (χ3v) is 11.4. The molecule has 65 heavy (non-hydrogen) atoms. The van der Waals surface area contributed by atoms with Crippen LogP contribution >= 0.6 is 0 Å². The molecular formula is C51H58N2O12. The molecule has 0 amide bonds. The molecule has 6 N–H and O–H groups in total. The van der Waals surface area contributed by atoms with Crippen molar-refractivity contribution >= 4 is 59.3 Å². The fourth-order valence-corrected chi connectivity index (χ4v) is 7.84. The summed E-state index contributed by atoms with van der Waals surface area (Å²) in [6.45, 7) is 0.296. The second-order valence-electron chi connectivity index (χ2n) is 15.7. The van der Waals surface area contributed by atoms with Gasteiger partial charge >= 0.3 is 35.8 Å². The number of esters is 4.